The standard InChI is InChI=1S/C41H24N2OS/c1-2-10-25(11-3-1)33-24-34-39(37-32-15-7-9-17-36(32)45-40(33)37)44-41(42-34)27-18-21-28(22-19-27)43-35-16-8-6-14-30(35)31-23-20-26-12-4-5-13-29(26)38(31)43/h1-24H. The lowest BCUT2D eigenvalue weighted by Gasteiger charge is -2.10. The van der Waals surface area contributed by atoms with Crippen molar-refractivity contribution < 1.29 is 4.42 Å². The molecule has 0 bridgehead atoms. The van der Waals surface area contributed by atoms with Crippen LogP contribution in [-0.4, -0.2) is 9.55 Å². The van der Waals surface area contributed by atoms with E-state index in [1.807, 2.05) is 11.3 Å². The van der Waals surface area contributed by atoms with Crippen molar-refractivity contribution in [2.24, 2.45) is 0 Å². The molecule has 4 heteroatoms. The second-order valence-electron chi connectivity index (χ2n) is 11.5. The van der Waals surface area contributed by atoms with Crippen molar-refractivity contribution in [3.8, 4) is 28.3 Å². The fraction of sp³-hybridized carbons (Fsp3) is 0. The van der Waals surface area contributed by atoms with E-state index in [-0.39, 0.29) is 0 Å². The summed E-state index contributed by atoms with van der Waals surface area (Å²) in [6, 6.07) is 51.7. The highest BCUT2D eigenvalue weighted by atomic mass is 32.1. The van der Waals surface area contributed by atoms with Gasteiger partial charge in [-0.3, -0.25) is 0 Å². The Hall–Kier alpha value is -5.71. The number of oxazole rings is 1. The summed E-state index contributed by atoms with van der Waals surface area (Å²) in [7, 11) is 0. The maximum absolute atomic E-state index is 6.64. The van der Waals surface area contributed by atoms with Crippen molar-refractivity contribution in [2.45, 2.75) is 0 Å². The first-order valence-electron chi connectivity index (χ1n) is 15.1. The van der Waals surface area contributed by atoms with E-state index in [0.717, 1.165) is 27.7 Å². The van der Waals surface area contributed by atoms with Gasteiger partial charge >= 0.3 is 0 Å². The summed E-state index contributed by atoms with van der Waals surface area (Å²) in [6.07, 6.45) is 0. The molecule has 0 N–H and O–H groups in total. The minimum Gasteiger partial charge on any atom is -0.435 e. The molecule has 3 heterocycles. The van der Waals surface area contributed by atoms with E-state index in [2.05, 4.69) is 150 Å². The summed E-state index contributed by atoms with van der Waals surface area (Å²) in [4.78, 5) is 5.07. The smallest absolute Gasteiger partial charge is 0.227 e. The molecule has 10 rings (SSSR count). The average molecular weight is 593 g/mol. The Morgan fingerprint density at radius 3 is 2.18 bits per heavy atom. The highest BCUT2D eigenvalue weighted by Crippen LogP contribution is 2.45. The molecule has 3 aromatic heterocycles. The SMILES string of the molecule is c1ccc(-c2cc3nc(-c4ccc(-n5c6ccccc6c6ccc7ccccc7c65)cc4)oc3c3c2sc2ccccc23)cc1. The monoisotopic (exact) mass is 592 g/mol. The number of thiophene rings is 1. The number of aromatic nitrogens is 2. The molecule has 45 heavy (non-hydrogen) atoms. The van der Waals surface area contributed by atoms with Gasteiger partial charge in [-0.1, -0.05) is 103 Å². The summed E-state index contributed by atoms with van der Waals surface area (Å²) in [5, 5.41) is 7.34. The topological polar surface area (TPSA) is 31.0 Å². The van der Waals surface area contributed by atoms with Gasteiger partial charge in [0.2, 0.25) is 5.89 Å². The summed E-state index contributed by atoms with van der Waals surface area (Å²) in [5.41, 5.74) is 8.57. The van der Waals surface area contributed by atoms with Gasteiger partial charge in [0.15, 0.2) is 5.58 Å². The first kappa shape index (κ1) is 24.7. The lowest BCUT2D eigenvalue weighted by molar-refractivity contribution is 0.623. The lowest BCUT2D eigenvalue weighted by Crippen LogP contribution is -1.94. The molecule has 0 aliphatic heterocycles. The number of nitrogens with zero attached hydrogens (tertiary/aromatic N) is 2. The molecule has 0 spiro atoms. The van der Waals surface area contributed by atoms with Gasteiger partial charge in [-0.25, -0.2) is 4.98 Å². The molecule has 0 amide bonds. The van der Waals surface area contributed by atoms with Gasteiger partial charge in [0.1, 0.15) is 5.52 Å². The number of rotatable bonds is 3. The van der Waals surface area contributed by atoms with Gasteiger partial charge in [0.25, 0.3) is 0 Å². The van der Waals surface area contributed by atoms with Crippen molar-refractivity contribution >= 4 is 75.2 Å². The number of benzene rings is 7. The maximum Gasteiger partial charge on any atom is 0.227 e. The van der Waals surface area contributed by atoms with Crippen molar-refractivity contribution in [3.05, 3.63) is 146 Å². The van der Waals surface area contributed by atoms with Crippen LogP contribution in [0.2, 0.25) is 0 Å². The molecular weight excluding hydrogens is 569 g/mol. The average Bonchev–Trinajstić information content (AvgIpc) is 3.80. The molecule has 0 saturated heterocycles. The second kappa shape index (κ2) is 9.39. The predicted octanol–water partition coefficient (Wildman–Crippen LogP) is 11.8. The van der Waals surface area contributed by atoms with Crippen LogP contribution in [0.1, 0.15) is 0 Å². The van der Waals surface area contributed by atoms with Crippen LogP contribution >= 0.6 is 11.3 Å². The van der Waals surface area contributed by atoms with Crippen LogP contribution in [-0.2, 0) is 0 Å². The number of para-hydroxylation sites is 1. The zero-order chi connectivity index (χ0) is 29.5. The molecular formula is C41H24N2OS. The number of fused-ring (bicyclic) bond motifs is 10. The third-order valence-electron chi connectivity index (χ3n) is 9.02. The van der Waals surface area contributed by atoms with E-state index in [4.69, 9.17) is 9.40 Å². The van der Waals surface area contributed by atoms with Crippen LogP contribution in [0.3, 0.4) is 0 Å². The van der Waals surface area contributed by atoms with E-state index >= 15 is 0 Å². The first-order chi connectivity index (χ1) is 22.3. The van der Waals surface area contributed by atoms with Crippen LogP contribution in [0.25, 0.3) is 92.1 Å². The highest BCUT2D eigenvalue weighted by molar-refractivity contribution is 7.26. The molecule has 0 atom stereocenters. The summed E-state index contributed by atoms with van der Waals surface area (Å²) in [6.45, 7) is 0. The van der Waals surface area contributed by atoms with Crippen LogP contribution in [0.15, 0.2) is 150 Å². The zero-order valence-corrected chi connectivity index (χ0v) is 24.9. The zero-order valence-electron chi connectivity index (χ0n) is 24.1. The van der Waals surface area contributed by atoms with E-state index in [9.17, 15) is 0 Å². The molecule has 0 unspecified atom stereocenters. The van der Waals surface area contributed by atoms with E-state index in [0.29, 0.717) is 5.89 Å². The second-order valence-corrected chi connectivity index (χ2v) is 12.6. The molecule has 10 aromatic rings. The molecule has 210 valence electrons. The minimum absolute atomic E-state index is 0.631. The van der Waals surface area contributed by atoms with Crippen LogP contribution in [0, 0.1) is 0 Å². The Labute approximate surface area is 262 Å². The third-order valence-corrected chi connectivity index (χ3v) is 10.2. The van der Waals surface area contributed by atoms with Gasteiger partial charge in [0.05, 0.1) is 11.0 Å². The molecule has 0 aliphatic rings. The van der Waals surface area contributed by atoms with Gasteiger partial charge in [-0.05, 0) is 53.4 Å². The third kappa shape index (κ3) is 3.60. The van der Waals surface area contributed by atoms with Crippen LogP contribution < -0.4 is 0 Å². The largest absolute Gasteiger partial charge is 0.435 e. The summed E-state index contributed by atoms with van der Waals surface area (Å²) in [5.74, 6) is 0.631. The Balaban J connectivity index is 1.17. The van der Waals surface area contributed by atoms with Gasteiger partial charge in [-0.2, -0.15) is 0 Å². The number of hydrogen-bond donors (Lipinski definition) is 0. The Kier molecular flexibility index (Phi) is 5.16. The normalized spacial score (nSPS) is 12.0. The van der Waals surface area contributed by atoms with Crippen LogP contribution in [0.5, 0.6) is 0 Å². The summed E-state index contributed by atoms with van der Waals surface area (Å²) >= 11 is 1.82. The van der Waals surface area contributed by atoms with E-state index in [1.165, 1.54) is 58.5 Å². The fourth-order valence-electron chi connectivity index (χ4n) is 6.98. The Bertz CT molecular complexity index is 2750. The van der Waals surface area contributed by atoms with Crippen molar-refractivity contribution in [2.75, 3.05) is 0 Å². The maximum atomic E-state index is 6.64. The molecule has 0 fully saturated rings. The Morgan fingerprint density at radius 1 is 0.578 bits per heavy atom. The van der Waals surface area contributed by atoms with Crippen LogP contribution in [0.4, 0.5) is 0 Å². The first-order valence-corrected chi connectivity index (χ1v) is 16.0. The van der Waals surface area contributed by atoms with Crippen molar-refractivity contribution in [1.82, 2.24) is 9.55 Å². The lowest BCUT2D eigenvalue weighted by atomic mass is 10.0. The minimum atomic E-state index is 0.631. The van der Waals surface area contributed by atoms with Gasteiger partial charge in [0, 0.05) is 53.1 Å². The predicted molar refractivity (Wildman–Crippen MR) is 190 cm³/mol. The van der Waals surface area contributed by atoms with E-state index in [1.54, 1.807) is 0 Å². The van der Waals surface area contributed by atoms with E-state index < -0.39 is 0 Å². The molecule has 3 nitrogen and oxygen atoms in total. The number of hydrogen-bond acceptors (Lipinski definition) is 3. The van der Waals surface area contributed by atoms with Gasteiger partial charge in [-0.15, -0.1) is 11.3 Å². The Morgan fingerprint density at radius 2 is 1.31 bits per heavy atom. The fourth-order valence-corrected chi connectivity index (χ4v) is 8.22. The molecule has 7 aromatic carbocycles. The summed E-state index contributed by atoms with van der Waals surface area (Å²) < 4.78 is 11.5. The molecule has 0 radical (unpaired) electrons. The van der Waals surface area contributed by atoms with Crippen molar-refractivity contribution in [3.63, 3.8) is 0 Å². The quantitative estimate of drug-likeness (QED) is 0.204. The molecule has 0 saturated carbocycles. The van der Waals surface area contributed by atoms with Crippen molar-refractivity contribution in [1.29, 1.82) is 0 Å². The molecule has 0 aliphatic carbocycles. The highest BCUT2D eigenvalue weighted by Gasteiger charge is 2.20. The van der Waals surface area contributed by atoms with Gasteiger partial charge < -0.3 is 8.98 Å².